The molecule has 5 nitrogen and oxygen atoms in total. The molecule has 0 spiro atoms. The third kappa shape index (κ3) is 2.30. The van der Waals surface area contributed by atoms with Crippen LogP contribution in [0.3, 0.4) is 0 Å². The fraction of sp³-hybridized carbons (Fsp3) is 0. The van der Waals surface area contributed by atoms with E-state index in [1.54, 1.807) is 27.7 Å². The van der Waals surface area contributed by atoms with Gasteiger partial charge < -0.3 is 0 Å². The first-order valence-electron chi connectivity index (χ1n) is 6.54. The van der Waals surface area contributed by atoms with Crippen molar-refractivity contribution in [1.82, 2.24) is 14.6 Å². The van der Waals surface area contributed by atoms with Crippen LogP contribution in [0.15, 0.2) is 53.5 Å². The number of benzene rings is 1. The standard InChI is InChI=1S/C15H10N4OS2/c20-14(11-8-22-15(17-11)13-6-3-7-21-13)18-19-9-16-10-4-1-2-5-12(10)19/h1-9H,(H,18,20). The van der Waals surface area contributed by atoms with E-state index < -0.39 is 0 Å². The lowest BCUT2D eigenvalue weighted by Crippen LogP contribution is -2.22. The molecule has 0 unspecified atom stereocenters. The number of carbonyl (C=O) groups is 1. The molecule has 0 radical (unpaired) electrons. The SMILES string of the molecule is O=C(Nn1cnc2ccccc21)c1csc(-c2cccs2)n1. The van der Waals surface area contributed by atoms with Crippen molar-refractivity contribution in [1.29, 1.82) is 0 Å². The number of imidazole rings is 1. The predicted octanol–water partition coefficient (Wildman–Crippen LogP) is 3.61. The molecule has 3 aromatic heterocycles. The van der Waals surface area contributed by atoms with E-state index in [2.05, 4.69) is 15.4 Å². The van der Waals surface area contributed by atoms with E-state index in [4.69, 9.17) is 0 Å². The molecule has 0 atom stereocenters. The molecule has 3 heterocycles. The molecule has 4 rings (SSSR count). The molecule has 0 aliphatic rings. The first-order chi connectivity index (χ1) is 10.8. The molecule has 22 heavy (non-hydrogen) atoms. The molecule has 0 saturated carbocycles. The minimum Gasteiger partial charge on any atom is -0.266 e. The molecule has 0 fully saturated rings. The highest BCUT2D eigenvalue weighted by Crippen LogP contribution is 2.27. The number of rotatable bonds is 3. The lowest BCUT2D eigenvalue weighted by atomic mass is 10.3. The van der Waals surface area contributed by atoms with Gasteiger partial charge in [0.2, 0.25) is 0 Å². The molecule has 0 saturated heterocycles. The van der Waals surface area contributed by atoms with Gasteiger partial charge in [-0.1, -0.05) is 18.2 Å². The summed E-state index contributed by atoms with van der Waals surface area (Å²) in [6.07, 6.45) is 1.59. The summed E-state index contributed by atoms with van der Waals surface area (Å²) in [5.41, 5.74) is 4.90. The van der Waals surface area contributed by atoms with Crippen LogP contribution < -0.4 is 5.43 Å². The number of thiazole rings is 1. The molecule has 1 amide bonds. The van der Waals surface area contributed by atoms with Gasteiger partial charge in [0.05, 0.1) is 15.9 Å². The topological polar surface area (TPSA) is 59.8 Å². The molecule has 1 N–H and O–H groups in total. The van der Waals surface area contributed by atoms with Gasteiger partial charge >= 0.3 is 0 Å². The summed E-state index contributed by atoms with van der Waals surface area (Å²) in [6.45, 7) is 0. The van der Waals surface area contributed by atoms with Crippen molar-refractivity contribution in [2.75, 3.05) is 5.43 Å². The number of carbonyl (C=O) groups excluding carboxylic acids is 1. The Morgan fingerprint density at radius 3 is 2.91 bits per heavy atom. The summed E-state index contributed by atoms with van der Waals surface area (Å²) >= 11 is 3.07. The lowest BCUT2D eigenvalue weighted by molar-refractivity contribution is 0.100. The number of hydrogen-bond acceptors (Lipinski definition) is 5. The van der Waals surface area contributed by atoms with E-state index in [0.717, 1.165) is 20.9 Å². The number of fused-ring (bicyclic) bond motifs is 1. The third-order valence-electron chi connectivity index (χ3n) is 3.14. The van der Waals surface area contributed by atoms with E-state index in [0.29, 0.717) is 5.69 Å². The molecule has 108 valence electrons. The molecule has 0 aliphatic carbocycles. The average Bonchev–Trinajstić information content (AvgIpc) is 3.28. The Hall–Kier alpha value is -2.51. The van der Waals surface area contributed by atoms with E-state index in [1.165, 1.54) is 11.3 Å². The molecular weight excluding hydrogens is 316 g/mol. The monoisotopic (exact) mass is 326 g/mol. The largest absolute Gasteiger partial charge is 0.289 e. The number of amides is 1. The maximum Gasteiger partial charge on any atom is 0.289 e. The van der Waals surface area contributed by atoms with Crippen molar-refractivity contribution in [3.05, 3.63) is 59.2 Å². The van der Waals surface area contributed by atoms with Crippen molar-refractivity contribution in [2.45, 2.75) is 0 Å². The Morgan fingerprint density at radius 1 is 1.14 bits per heavy atom. The molecule has 0 aliphatic heterocycles. The van der Waals surface area contributed by atoms with E-state index in [-0.39, 0.29) is 5.91 Å². The Balaban J connectivity index is 1.60. The van der Waals surface area contributed by atoms with Crippen LogP contribution in [-0.4, -0.2) is 20.6 Å². The minimum absolute atomic E-state index is 0.248. The molecule has 7 heteroatoms. The normalized spacial score (nSPS) is 10.9. The van der Waals surface area contributed by atoms with Crippen molar-refractivity contribution < 1.29 is 4.79 Å². The number of thiophene rings is 1. The van der Waals surface area contributed by atoms with E-state index in [1.807, 2.05) is 41.8 Å². The second-order valence-corrected chi connectivity index (χ2v) is 6.37. The molecular formula is C15H10N4OS2. The quantitative estimate of drug-likeness (QED) is 0.626. The fourth-order valence-electron chi connectivity index (χ4n) is 2.11. The van der Waals surface area contributed by atoms with Gasteiger partial charge in [-0.15, -0.1) is 22.7 Å². The highest BCUT2D eigenvalue weighted by atomic mass is 32.1. The first kappa shape index (κ1) is 13.2. The van der Waals surface area contributed by atoms with Gasteiger partial charge in [0.15, 0.2) is 0 Å². The zero-order valence-corrected chi connectivity index (χ0v) is 12.9. The van der Waals surface area contributed by atoms with Crippen LogP contribution >= 0.6 is 22.7 Å². The van der Waals surface area contributed by atoms with Gasteiger partial charge in [0, 0.05) is 5.38 Å². The minimum atomic E-state index is -0.248. The zero-order chi connectivity index (χ0) is 14.9. The van der Waals surface area contributed by atoms with Gasteiger partial charge in [-0.2, -0.15) is 0 Å². The van der Waals surface area contributed by atoms with Crippen LogP contribution in [-0.2, 0) is 0 Å². The van der Waals surface area contributed by atoms with Crippen LogP contribution in [0.1, 0.15) is 10.5 Å². The predicted molar refractivity (Wildman–Crippen MR) is 88.9 cm³/mol. The van der Waals surface area contributed by atoms with E-state index in [9.17, 15) is 4.79 Å². The highest BCUT2D eigenvalue weighted by molar-refractivity contribution is 7.20. The Bertz CT molecular complexity index is 939. The zero-order valence-electron chi connectivity index (χ0n) is 11.3. The number of nitrogens with one attached hydrogen (secondary N) is 1. The van der Waals surface area contributed by atoms with Gasteiger partial charge in [-0.3, -0.25) is 10.2 Å². The smallest absolute Gasteiger partial charge is 0.266 e. The lowest BCUT2D eigenvalue weighted by Gasteiger charge is -2.04. The summed E-state index contributed by atoms with van der Waals surface area (Å²) in [5, 5.41) is 4.62. The van der Waals surface area contributed by atoms with Crippen LogP contribution in [0, 0.1) is 0 Å². The van der Waals surface area contributed by atoms with Crippen LogP contribution in [0.2, 0.25) is 0 Å². The number of hydrogen-bond donors (Lipinski definition) is 1. The van der Waals surface area contributed by atoms with Crippen LogP contribution in [0.25, 0.3) is 20.9 Å². The second-order valence-electron chi connectivity index (χ2n) is 4.56. The van der Waals surface area contributed by atoms with Gasteiger partial charge in [0.1, 0.15) is 17.0 Å². The summed E-state index contributed by atoms with van der Waals surface area (Å²) in [6, 6.07) is 11.6. The maximum absolute atomic E-state index is 12.3. The first-order valence-corrected chi connectivity index (χ1v) is 8.30. The van der Waals surface area contributed by atoms with Crippen molar-refractivity contribution >= 4 is 39.6 Å². The molecule has 1 aromatic carbocycles. The van der Waals surface area contributed by atoms with E-state index >= 15 is 0 Å². The summed E-state index contributed by atoms with van der Waals surface area (Å²) < 4.78 is 1.61. The number of aromatic nitrogens is 3. The Labute approximate surface area is 133 Å². The number of para-hydroxylation sites is 2. The molecule has 0 bridgehead atoms. The summed E-state index contributed by atoms with van der Waals surface area (Å²) in [7, 11) is 0. The van der Waals surface area contributed by atoms with Crippen molar-refractivity contribution in [2.24, 2.45) is 0 Å². The highest BCUT2D eigenvalue weighted by Gasteiger charge is 2.13. The molecule has 4 aromatic rings. The average molecular weight is 326 g/mol. The van der Waals surface area contributed by atoms with Crippen molar-refractivity contribution in [3.63, 3.8) is 0 Å². The maximum atomic E-state index is 12.3. The second kappa shape index (κ2) is 5.36. The number of nitrogens with zero attached hydrogens (tertiary/aromatic N) is 3. The van der Waals surface area contributed by atoms with Crippen LogP contribution in [0.4, 0.5) is 0 Å². The van der Waals surface area contributed by atoms with Gasteiger partial charge in [-0.05, 0) is 23.6 Å². The summed E-state index contributed by atoms with van der Waals surface area (Å²) in [5.74, 6) is -0.248. The summed E-state index contributed by atoms with van der Waals surface area (Å²) in [4.78, 5) is 22.0. The Morgan fingerprint density at radius 2 is 2.05 bits per heavy atom. The van der Waals surface area contributed by atoms with Crippen molar-refractivity contribution in [3.8, 4) is 9.88 Å². The third-order valence-corrected chi connectivity index (χ3v) is 5.03. The Kier molecular flexibility index (Phi) is 3.21. The van der Waals surface area contributed by atoms with Gasteiger partial charge in [-0.25, -0.2) is 14.6 Å². The van der Waals surface area contributed by atoms with Crippen LogP contribution in [0.5, 0.6) is 0 Å². The van der Waals surface area contributed by atoms with Gasteiger partial charge in [0.25, 0.3) is 5.91 Å². The fourth-order valence-corrected chi connectivity index (χ4v) is 3.72.